The van der Waals surface area contributed by atoms with Crippen molar-refractivity contribution in [3.05, 3.63) is 54.2 Å². The number of nitrogens with one attached hydrogen (secondary N) is 1. The van der Waals surface area contributed by atoms with E-state index in [9.17, 15) is 4.79 Å². The summed E-state index contributed by atoms with van der Waals surface area (Å²) < 4.78 is 21.5. The van der Waals surface area contributed by atoms with Gasteiger partial charge in [0.2, 0.25) is 6.79 Å². The van der Waals surface area contributed by atoms with E-state index in [0.29, 0.717) is 34.1 Å². The van der Waals surface area contributed by atoms with Gasteiger partial charge in [0, 0.05) is 23.2 Å². The zero-order chi connectivity index (χ0) is 19.3. The minimum absolute atomic E-state index is 0.163. The van der Waals surface area contributed by atoms with Crippen LogP contribution < -0.4 is 24.4 Å². The summed E-state index contributed by atoms with van der Waals surface area (Å²) in [5, 5.41) is 4.89. The van der Waals surface area contributed by atoms with Gasteiger partial charge in [-0.05, 0) is 18.2 Å². The lowest BCUT2D eigenvalue weighted by atomic mass is 10.2. The molecule has 8 heteroatoms. The van der Waals surface area contributed by atoms with E-state index in [1.807, 2.05) is 24.3 Å². The smallest absolute Gasteiger partial charge is 0.277 e. The van der Waals surface area contributed by atoms with Crippen molar-refractivity contribution in [3.63, 3.8) is 0 Å². The van der Waals surface area contributed by atoms with Crippen LogP contribution in [0.25, 0.3) is 10.9 Å². The zero-order valence-corrected chi connectivity index (χ0v) is 15.0. The molecule has 0 unspecified atom stereocenters. The Morgan fingerprint density at radius 1 is 1.21 bits per heavy atom. The third-order valence-corrected chi connectivity index (χ3v) is 4.07. The number of fused-ring (bicyclic) bond motifs is 2. The van der Waals surface area contributed by atoms with E-state index in [1.165, 1.54) is 6.21 Å². The summed E-state index contributed by atoms with van der Waals surface area (Å²) in [5.74, 6) is 1.90. The van der Waals surface area contributed by atoms with Crippen molar-refractivity contribution in [2.45, 2.75) is 0 Å². The maximum Gasteiger partial charge on any atom is 0.277 e. The summed E-state index contributed by atoms with van der Waals surface area (Å²) in [6.45, 7) is -0.0263. The van der Waals surface area contributed by atoms with Crippen LogP contribution in [0.1, 0.15) is 5.56 Å². The van der Waals surface area contributed by atoms with Crippen molar-refractivity contribution in [3.8, 4) is 23.0 Å². The molecule has 1 N–H and O–H groups in total. The number of amides is 1. The lowest BCUT2D eigenvalue weighted by Crippen LogP contribution is -2.24. The largest absolute Gasteiger partial charge is 0.496 e. The molecule has 142 valence electrons. The van der Waals surface area contributed by atoms with Crippen molar-refractivity contribution in [1.82, 2.24) is 10.4 Å². The van der Waals surface area contributed by atoms with Gasteiger partial charge < -0.3 is 18.9 Å². The number of aromatic nitrogens is 1. The Kier molecular flexibility index (Phi) is 4.92. The van der Waals surface area contributed by atoms with Gasteiger partial charge in [-0.3, -0.25) is 9.78 Å². The Balaban J connectivity index is 1.38. The molecule has 0 bridgehead atoms. The first-order valence-corrected chi connectivity index (χ1v) is 8.50. The molecule has 0 spiro atoms. The molecule has 0 radical (unpaired) electrons. The monoisotopic (exact) mass is 379 g/mol. The Hall–Kier alpha value is -3.81. The summed E-state index contributed by atoms with van der Waals surface area (Å²) in [6, 6.07) is 12.8. The second-order valence-electron chi connectivity index (χ2n) is 5.86. The lowest BCUT2D eigenvalue weighted by molar-refractivity contribution is -0.123. The highest BCUT2D eigenvalue weighted by molar-refractivity contribution is 5.87. The number of nitrogens with zero attached hydrogens (tertiary/aromatic N) is 2. The van der Waals surface area contributed by atoms with Crippen molar-refractivity contribution >= 4 is 23.0 Å². The van der Waals surface area contributed by atoms with Crippen LogP contribution in [0.4, 0.5) is 0 Å². The molecule has 4 rings (SSSR count). The number of para-hydroxylation sites is 1. The van der Waals surface area contributed by atoms with Gasteiger partial charge in [-0.15, -0.1) is 0 Å². The Labute approximate surface area is 160 Å². The molecule has 0 saturated carbocycles. The first-order chi connectivity index (χ1) is 13.7. The van der Waals surface area contributed by atoms with Crippen LogP contribution in [-0.4, -0.2) is 37.6 Å². The number of carbonyl (C=O) groups is 1. The van der Waals surface area contributed by atoms with Gasteiger partial charge in [0.25, 0.3) is 5.91 Å². The lowest BCUT2D eigenvalue weighted by Gasteiger charge is -2.08. The number of pyridine rings is 1. The van der Waals surface area contributed by atoms with Gasteiger partial charge in [0.05, 0.1) is 13.3 Å². The van der Waals surface area contributed by atoms with Crippen LogP contribution in [-0.2, 0) is 4.79 Å². The minimum atomic E-state index is -0.399. The minimum Gasteiger partial charge on any atom is -0.496 e. The Bertz CT molecular complexity index is 1050. The molecule has 0 saturated heterocycles. The third-order valence-electron chi connectivity index (χ3n) is 4.07. The molecule has 1 aromatic heterocycles. The van der Waals surface area contributed by atoms with Crippen molar-refractivity contribution < 1.29 is 23.7 Å². The molecule has 1 aliphatic heterocycles. The highest BCUT2D eigenvalue weighted by Gasteiger charge is 2.17. The van der Waals surface area contributed by atoms with E-state index in [-0.39, 0.29) is 13.4 Å². The molecule has 1 amide bonds. The summed E-state index contributed by atoms with van der Waals surface area (Å²) in [5.41, 5.74) is 3.77. The number of methoxy groups -OCH3 is 1. The number of hydrazone groups is 1. The average molecular weight is 379 g/mol. The molecule has 2 heterocycles. The van der Waals surface area contributed by atoms with Crippen LogP contribution in [0.2, 0.25) is 0 Å². The van der Waals surface area contributed by atoms with Crippen molar-refractivity contribution in [1.29, 1.82) is 0 Å². The SMILES string of the molecule is COc1cc2c(cc1/C=N/NC(=O)COc1cccc3cccnc13)OCO2. The van der Waals surface area contributed by atoms with Crippen LogP contribution in [0, 0.1) is 0 Å². The standard InChI is InChI=1S/C20H17N3O5/c1-25-16-9-18-17(27-12-28-18)8-14(16)10-22-23-19(24)11-26-15-6-2-4-13-5-3-7-21-20(13)15/h2-10H,11-12H2,1H3,(H,23,24)/b22-10+. The maximum absolute atomic E-state index is 12.0. The summed E-state index contributed by atoms with van der Waals surface area (Å²) in [4.78, 5) is 16.3. The third kappa shape index (κ3) is 3.66. The second kappa shape index (κ2) is 7.83. The molecule has 2 aromatic carbocycles. The average Bonchev–Trinajstić information content (AvgIpc) is 3.19. The number of carbonyl (C=O) groups excluding carboxylic acids is 1. The van der Waals surface area contributed by atoms with E-state index >= 15 is 0 Å². The van der Waals surface area contributed by atoms with Gasteiger partial charge in [0.15, 0.2) is 18.1 Å². The van der Waals surface area contributed by atoms with Crippen LogP contribution in [0.15, 0.2) is 53.8 Å². The molecule has 28 heavy (non-hydrogen) atoms. The van der Waals surface area contributed by atoms with Gasteiger partial charge in [-0.1, -0.05) is 18.2 Å². The van der Waals surface area contributed by atoms with Gasteiger partial charge >= 0.3 is 0 Å². The van der Waals surface area contributed by atoms with Crippen LogP contribution in [0.3, 0.4) is 0 Å². The second-order valence-corrected chi connectivity index (χ2v) is 5.86. The molecule has 3 aromatic rings. The van der Waals surface area contributed by atoms with E-state index < -0.39 is 5.91 Å². The maximum atomic E-state index is 12.0. The molecule has 8 nitrogen and oxygen atoms in total. The topological polar surface area (TPSA) is 91.3 Å². The Morgan fingerprint density at radius 3 is 2.89 bits per heavy atom. The number of benzene rings is 2. The van der Waals surface area contributed by atoms with E-state index in [0.717, 1.165) is 5.39 Å². The highest BCUT2D eigenvalue weighted by Crippen LogP contribution is 2.37. The number of hydrogen-bond donors (Lipinski definition) is 1. The van der Waals surface area contributed by atoms with Crippen LogP contribution in [0.5, 0.6) is 23.0 Å². The summed E-state index contributed by atoms with van der Waals surface area (Å²) >= 11 is 0. The number of hydrogen-bond acceptors (Lipinski definition) is 7. The molecule has 0 fully saturated rings. The molecule has 0 atom stereocenters. The van der Waals surface area contributed by atoms with Gasteiger partial charge in [0.1, 0.15) is 17.0 Å². The highest BCUT2D eigenvalue weighted by atomic mass is 16.7. The first-order valence-electron chi connectivity index (χ1n) is 8.50. The fourth-order valence-corrected chi connectivity index (χ4v) is 2.76. The normalized spacial score (nSPS) is 12.3. The fraction of sp³-hybridized carbons (Fsp3) is 0.150. The van der Waals surface area contributed by atoms with E-state index in [4.69, 9.17) is 18.9 Å². The van der Waals surface area contributed by atoms with E-state index in [2.05, 4.69) is 15.5 Å². The molecular formula is C20H17N3O5. The molecular weight excluding hydrogens is 362 g/mol. The molecule has 0 aliphatic carbocycles. The Morgan fingerprint density at radius 2 is 2.04 bits per heavy atom. The summed E-state index contributed by atoms with van der Waals surface area (Å²) in [6.07, 6.45) is 3.15. The van der Waals surface area contributed by atoms with Crippen LogP contribution >= 0.6 is 0 Å². The van der Waals surface area contributed by atoms with Crippen molar-refractivity contribution in [2.24, 2.45) is 5.10 Å². The fourth-order valence-electron chi connectivity index (χ4n) is 2.76. The van der Waals surface area contributed by atoms with Crippen molar-refractivity contribution in [2.75, 3.05) is 20.5 Å². The van der Waals surface area contributed by atoms with Gasteiger partial charge in [-0.25, -0.2) is 5.43 Å². The number of ether oxygens (including phenoxy) is 4. The van der Waals surface area contributed by atoms with Gasteiger partial charge in [-0.2, -0.15) is 5.10 Å². The summed E-state index contributed by atoms with van der Waals surface area (Å²) in [7, 11) is 1.54. The quantitative estimate of drug-likeness (QED) is 0.523. The molecule has 1 aliphatic rings. The first kappa shape index (κ1) is 17.6. The van der Waals surface area contributed by atoms with E-state index in [1.54, 1.807) is 31.5 Å². The predicted molar refractivity (Wildman–Crippen MR) is 102 cm³/mol. The predicted octanol–water partition coefficient (Wildman–Crippen LogP) is 2.50. The number of rotatable bonds is 6. The zero-order valence-electron chi connectivity index (χ0n) is 15.0.